The van der Waals surface area contributed by atoms with Crippen molar-refractivity contribution in [1.82, 2.24) is 0 Å². The van der Waals surface area contributed by atoms with Crippen LogP contribution in [0.15, 0.2) is 17.0 Å². The highest BCUT2D eigenvalue weighted by Crippen LogP contribution is 2.32. The van der Waals surface area contributed by atoms with E-state index in [9.17, 15) is 0 Å². The number of hydrogen-bond donors (Lipinski definition) is 0. The molecule has 0 aliphatic heterocycles. The van der Waals surface area contributed by atoms with Crippen LogP contribution in [0, 0.1) is 6.92 Å². The standard InChI is InChI=1S/C10H12Cl2S/c1-6(2)13-8-4-9(11)7(3)10(12)5-8/h4-6H,1-3H3. The van der Waals surface area contributed by atoms with Gasteiger partial charge in [-0.2, -0.15) is 0 Å². The van der Waals surface area contributed by atoms with E-state index in [4.69, 9.17) is 23.2 Å². The molecule has 0 nitrogen and oxygen atoms in total. The van der Waals surface area contributed by atoms with Crippen molar-refractivity contribution in [3.63, 3.8) is 0 Å². The van der Waals surface area contributed by atoms with Gasteiger partial charge in [0.1, 0.15) is 0 Å². The Balaban J connectivity index is 2.99. The fourth-order valence-electron chi connectivity index (χ4n) is 0.962. The summed E-state index contributed by atoms with van der Waals surface area (Å²) in [6, 6.07) is 3.93. The second-order valence-corrected chi connectivity index (χ2v) is 5.64. The second kappa shape index (κ2) is 4.59. The van der Waals surface area contributed by atoms with Gasteiger partial charge in [-0.3, -0.25) is 0 Å². The number of hydrogen-bond acceptors (Lipinski definition) is 1. The smallest absolute Gasteiger partial charge is 0.0461 e. The van der Waals surface area contributed by atoms with E-state index in [1.807, 2.05) is 19.1 Å². The number of benzene rings is 1. The highest BCUT2D eigenvalue weighted by molar-refractivity contribution is 7.99. The molecular formula is C10H12Cl2S. The molecule has 0 saturated carbocycles. The van der Waals surface area contributed by atoms with E-state index in [-0.39, 0.29) is 0 Å². The molecule has 0 heterocycles. The van der Waals surface area contributed by atoms with Gasteiger partial charge >= 0.3 is 0 Å². The Labute approximate surface area is 93.6 Å². The van der Waals surface area contributed by atoms with Gasteiger partial charge in [0.15, 0.2) is 0 Å². The minimum Gasteiger partial charge on any atom is -0.123 e. The largest absolute Gasteiger partial charge is 0.123 e. The Bertz CT molecular complexity index is 285. The lowest BCUT2D eigenvalue weighted by molar-refractivity contribution is 1.11. The molecule has 13 heavy (non-hydrogen) atoms. The summed E-state index contributed by atoms with van der Waals surface area (Å²) in [5, 5.41) is 2.04. The summed E-state index contributed by atoms with van der Waals surface area (Å²) in [6.07, 6.45) is 0. The molecule has 0 saturated heterocycles. The van der Waals surface area contributed by atoms with Crippen LogP contribution in [0.2, 0.25) is 10.0 Å². The molecule has 0 aliphatic carbocycles. The lowest BCUT2D eigenvalue weighted by Gasteiger charge is -2.08. The summed E-state index contributed by atoms with van der Waals surface area (Å²) in [4.78, 5) is 1.13. The quantitative estimate of drug-likeness (QED) is 0.663. The van der Waals surface area contributed by atoms with E-state index in [1.54, 1.807) is 11.8 Å². The van der Waals surface area contributed by atoms with Gasteiger partial charge in [0, 0.05) is 20.2 Å². The van der Waals surface area contributed by atoms with Crippen molar-refractivity contribution >= 4 is 35.0 Å². The van der Waals surface area contributed by atoms with Crippen molar-refractivity contribution in [2.24, 2.45) is 0 Å². The molecule has 72 valence electrons. The first-order valence-electron chi connectivity index (χ1n) is 4.13. The molecule has 0 N–H and O–H groups in total. The molecule has 1 rings (SSSR count). The number of thioether (sulfide) groups is 1. The molecule has 0 aromatic heterocycles. The van der Waals surface area contributed by atoms with E-state index in [0.29, 0.717) is 5.25 Å². The zero-order chi connectivity index (χ0) is 10.0. The van der Waals surface area contributed by atoms with Crippen molar-refractivity contribution in [3.05, 3.63) is 27.7 Å². The molecule has 0 spiro atoms. The van der Waals surface area contributed by atoms with Crippen molar-refractivity contribution in [2.75, 3.05) is 0 Å². The van der Waals surface area contributed by atoms with Crippen molar-refractivity contribution in [2.45, 2.75) is 30.9 Å². The lowest BCUT2D eigenvalue weighted by Crippen LogP contribution is -1.87. The highest BCUT2D eigenvalue weighted by Gasteiger charge is 2.05. The predicted molar refractivity (Wildman–Crippen MR) is 62.2 cm³/mol. The van der Waals surface area contributed by atoms with Gasteiger partial charge in [-0.25, -0.2) is 0 Å². The average Bonchev–Trinajstić information content (AvgIpc) is 1.98. The zero-order valence-electron chi connectivity index (χ0n) is 7.90. The first-order chi connectivity index (χ1) is 6.00. The third-order valence-corrected chi connectivity index (χ3v) is 3.39. The Kier molecular flexibility index (Phi) is 3.96. The van der Waals surface area contributed by atoms with Crippen LogP contribution in [0.3, 0.4) is 0 Å². The average molecular weight is 235 g/mol. The van der Waals surface area contributed by atoms with Crippen molar-refractivity contribution in [1.29, 1.82) is 0 Å². The Morgan fingerprint density at radius 2 is 1.62 bits per heavy atom. The SMILES string of the molecule is Cc1c(Cl)cc(SC(C)C)cc1Cl. The van der Waals surface area contributed by atoms with Crippen LogP contribution in [0.25, 0.3) is 0 Å². The van der Waals surface area contributed by atoms with Gasteiger partial charge in [-0.15, -0.1) is 11.8 Å². The van der Waals surface area contributed by atoms with E-state index < -0.39 is 0 Å². The van der Waals surface area contributed by atoms with Gasteiger partial charge in [-0.05, 0) is 24.6 Å². The van der Waals surface area contributed by atoms with Crippen LogP contribution in [0.4, 0.5) is 0 Å². The van der Waals surface area contributed by atoms with Gasteiger partial charge in [-0.1, -0.05) is 37.0 Å². The summed E-state index contributed by atoms with van der Waals surface area (Å²) >= 11 is 13.8. The highest BCUT2D eigenvalue weighted by atomic mass is 35.5. The monoisotopic (exact) mass is 234 g/mol. The summed E-state index contributed by atoms with van der Waals surface area (Å²) in [6.45, 7) is 6.22. The topological polar surface area (TPSA) is 0 Å². The molecular weight excluding hydrogens is 223 g/mol. The fraction of sp³-hybridized carbons (Fsp3) is 0.400. The molecule has 0 amide bonds. The van der Waals surface area contributed by atoms with Crippen molar-refractivity contribution < 1.29 is 0 Å². The van der Waals surface area contributed by atoms with Crippen molar-refractivity contribution in [3.8, 4) is 0 Å². The van der Waals surface area contributed by atoms with Gasteiger partial charge < -0.3 is 0 Å². The first kappa shape index (κ1) is 11.2. The molecule has 0 unspecified atom stereocenters. The van der Waals surface area contributed by atoms with Crippen LogP contribution in [0.1, 0.15) is 19.4 Å². The third kappa shape index (κ3) is 3.08. The predicted octanol–water partition coefficient (Wildman–Crippen LogP) is 4.80. The van der Waals surface area contributed by atoms with Crippen LogP contribution in [-0.2, 0) is 0 Å². The minimum absolute atomic E-state index is 0.551. The van der Waals surface area contributed by atoms with Gasteiger partial charge in [0.25, 0.3) is 0 Å². The maximum Gasteiger partial charge on any atom is 0.0461 e. The summed E-state index contributed by atoms with van der Waals surface area (Å²) < 4.78 is 0. The second-order valence-electron chi connectivity index (χ2n) is 3.18. The Morgan fingerprint density at radius 3 is 2.00 bits per heavy atom. The van der Waals surface area contributed by atoms with E-state index >= 15 is 0 Å². The first-order valence-corrected chi connectivity index (χ1v) is 5.76. The third-order valence-electron chi connectivity index (χ3n) is 1.63. The molecule has 1 aromatic carbocycles. The van der Waals surface area contributed by atoms with Crippen LogP contribution in [0.5, 0.6) is 0 Å². The maximum atomic E-state index is 6.00. The lowest BCUT2D eigenvalue weighted by atomic mass is 10.2. The van der Waals surface area contributed by atoms with Crippen LogP contribution < -0.4 is 0 Å². The molecule has 3 heteroatoms. The van der Waals surface area contributed by atoms with E-state index in [2.05, 4.69) is 13.8 Å². The fourth-order valence-corrected chi connectivity index (χ4v) is 2.49. The minimum atomic E-state index is 0.551. The summed E-state index contributed by atoms with van der Waals surface area (Å²) in [7, 11) is 0. The molecule has 1 aromatic rings. The van der Waals surface area contributed by atoms with Gasteiger partial charge in [0.2, 0.25) is 0 Å². The Hall–Kier alpha value is 0.150. The van der Waals surface area contributed by atoms with Crippen LogP contribution >= 0.6 is 35.0 Å². The molecule has 0 fully saturated rings. The number of rotatable bonds is 2. The zero-order valence-corrected chi connectivity index (χ0v) is 10.2. The van der Waals surface area contributed by atoms with E-state index in [0.717, 1.165) is 20.5 Å². The summed E-state index contributed by atoms with van der Waals surface area (Å²) in [5.74, 6) is 0. The summed E-state index contributed by atoms with van der Waals surface area (Å²) in [5.41, 5.74) is 0.955. The normalized spacial score (nSPS) is 10.9. The Morgan fingerprint density at radius 1 is 1.15 bits per heavy atom. The number of halogens is 2. The van der Waals surface area contributed by atoms with Gasteiger partial charge in [0.05, 0.1) is 0 Å². The molecule has 0 aliphatic rings. The molecule has 0 atom stereocenters. The van der Waals surface area contributed by atoms with Crippen LogP contribution in [-0.4, -0.2) is 5.25 Å². The van der Waals surface area contributed by atoms with E-state index in [1.165, 1.54) is 0 Å². The molecule has 0 bridgehead atoms. The maximum absolute atomic E-state index is 6.00. The molecule has 0 radical (unpaired) electrons.